The van der Waals surface area contributed by atoms with Crippen LogP contribution in [0, 0.1) is 17.8 Å². The zero-order valence-corrected chi connectivity index (χ0v) is 10.8. The Morgan fingerprint density at radius 3 is 2.50 bits per heavy atom. The van der Waals surface area contributed by atoms with Crippen LogP contribution in [0.25, 0.3) is 0 Å². The van der Waals surface area contributed by atoms with Crippen LogP contribution >= 0.6 is 0 Å². The van der Waals surface area contributed by atoms with E-state index < -0.39 is 0 Å². The Bertz CT molecular complexity index is 391. The summed E-state index contributed by atoms with van der Waals surface area (Å²) < 4.78 is 0. The summed E-state index contributed by atoms with van der Waals surface area (Å²) in [6.45, 7) is 0.541. The Morgan fingerprint density at radius 1 is 1.17 bits per heavy atom. The summed E-state index contributed by atoms with van der Waals surface area (Å²) in [5.41, 5.74) is 7.10. The number of aliphatic hydroxyl groups excluding tert-OH is 1. The molecule has 0 heterocycles. The van der Waals surface area contributed by atoms with Crippen molar-refractivity contribution < 1.29 is 5.11 Å². The summed E-state index contributed by atoms with van der Waals surface area (Å²) in [5, 5.41) is 10.7. The SMILES string of the molecule is NCC(c1ccccc1)C(O)C1CC2CCC1C2. The van der Waals surface area contributed by atoms with Crippen LogP contribution in [0.2, 0.25) is 0 Å². The molecule has 18 heavy (non-hydrogen) atoms. The van der Waals surface area contributed by atoms with Crippen molar-refractivity contribution in [2.45, 2.75) is 37.7 Å². The van der Waals surface area contributed by atoms with Gasteiger partial charge >= 0.3 is 0 Å². The maximum atomic E-state index is 10.7. The normalized spacial score (nSPS) is 33.6. The fourth-order valence-corrected chi connectivity index (χ4v) is 4.18. The highest BCUT2D eigenvalue weighted by atomic mass is 16.3. The molecule has 1 aromatic rings. The third kappa shape index (κ3) is 2.08. The number of hydrogen-bond donors (Lipinski definition) is 2. The highest BCUT2D eigenvalue weighted by Gasteiger charge is 2.44. The Kier molecular flexibility index (Phi) is 3.40. The van der Waals surface area contributed by atoms with Gasteiger partial charge in [0.05, 0.1) is 6.10 Å². The number of benzene rings is 1. The minimum atomic E-state index is -0.257. The molecule has 98 valence electrons. The first-order chi connectivity index (χ1) is 8.79. The number of nitrogens with two attached hydrogens (primary N) is 1. The van der Waals surface area contributed by atoms with Gasteiger partial charge in [-0.2, -0.15) is 0 Å². The first kappa shape index (κ1) is 12.2. The van der Waals surface area contributed by atoms with Gasteiger partial charge < -0.3 is 10.8 Å². The van der Waals surface area contributed by atoms with Crippen LogP contribution in [0.5, 0.6) is 0 Å². The summed E-state index contributed by atoms with van der Waals surface area (Å²) in [5.74, 6) is 2.22. The van der Waals surface area contributed by atoms with Gasteiger partial charge in [-0.3, -0.25) is 0 Å². The molecule has 0 aromatic heterocycles. The lowest BCUT2D eigenvalue weighted by Gasteiger charge is -2.32. The predicted octanol–water partition coefficient (Wildman–Crippen LogP) is 2.53. The van der Waals surface area contributed by atoms with E-state index in [0.29, 0.717) is 12.5 Å². The molecular formula is C16H23NO. The van der Waals surface area contributed by atoms with Crippen molar-refractivity contribution in [2.75, 3.05) is 6.54 Å². The van der Waals surface area contributed by atoms with Crippen LogP contribution in [0.3, 0.4) is 0 Å². The van der Waals surface area contributed by atoms with Gasteiger partial charge in [0, 0.05) is 12.5 Å². The molecule has 0 saturated heterocycles. The van der Waals surface area contributed by atoms with Gasteiger partial charge in [-0.15, -0.1) is 0 Å². The molecule has 3 N–H and O–H groups in total. The Hall–Kier alpha value is -0.860. The average molecular weight is 245 g/mol. The standard InChI is InChI=1S/C16H23NO/c17-10-15(12-4-2-1-3-5-12)16(18)14-9-11-6-7-13(14)8-11/h1-5,11,13-16,18H,6-10,17H2. The minimum Gasteiger partial charge on any atom is -0.392 e. The van der Waals surface area contributed by atoms with Gasteiger partial charge in [-0.1, -0.05) is 36.8 Å². The maximum absolute atomic E-state index is 10.7. The molecule has 2 saturated carbocycles. The molecule has 1 aromatic carbocycles. The molecule has 5 atom stereocenters. The fraction of sp³-hybridized carbons (Fsp3) is 0.625. The summed E-state index contributed by atoms with van der Waals surface area (Å²) in [4.78, 5) is 0. The van der Waals surface area contributed by atoms with Crippen molar-refractivity contribution in [2.24, 2.45) is 23.5 Å². The first-order valence-corrected chi connectivity index (χ1v) is 7.22. The third-order valence-electron chi connectivity index (χ3n) is 5.13. The molecule has 0 aliphatic heterocycles. The van der Waals surface area contributed by atoms with Crippen LogP contribution in [0.1, 0.15) is 37.2 Å². The van der Waals surface area contributed by atoms with Gasteiger partial charge in [0.1, 0.15) is 0 Å². The van der Waals surface area contributed by atoms with Gasteiger partial charge in [0.2, 0.25) is 0 Å². The molecule has 2 fully saturated rings. The molecular weight excluding hydrogens is 222 g/mol. The third-order valence-corrected chi connectivity index (χ3v) is 5.13. The molecule has 0 radical (unpaired) electrons. The monoisotopic (exact) mass is 245 g/mol. The van der Waals surface area contributed by atoms with E-state index in [-0.39, 0.29) is 12.0 Å². The summed E-state index contributed by atoms with van der Waals surface area (Å²) in [6, 6.07) is 10.3. The number of hydrogen-bond acceptors (Lipinski definition) is 2. The van der Waals surface area contributed by atoms with Crippen molar-refractivity contribution in [1.82, 2.24) is 0 Å². The second-order valence-electron chi connectivity index (χ2n) is 6.08. The predicted molar refractivity (Wildman–Crippen MR) is 73.2 cm³/mol. The zero-order valence-electron chi connectivity index (χ0n) is 10.8. The van der Waals surface area contributed by atoms with E-state index in [2.05, 4.69) is 12.1 Å². The van der Waals surface area contributed by atoms with Gasteiger partial charge in [0.15, 0.2) is 0 Å². The quantitative estimate of drug-likeness (QED) is 0.856. The molecule has 2 heteroatoms. The topological polar surface area (TPSA) is 46.2 Å². The van der Waals surface area contributed by atoms with Crippen LogP contribution in [-0.2, 0) is 0 Å². The molecule has 3 rings (SSSR count). The second kappa shape index (κ2) is 5.02. The lowest BCUT2D eigenvalue weighted by Crippen LogP contribution is -2.35. The van der Waals surface area contributed by atoms with E-state index in [1.807, 2.05) is 18.2 Å². The molecule has 2 nitrogen and oxygen atoms in total. The number of fused-ring (bicyclic) bond motifs is 2. The molecule has 2 aliphatic rings. The van der Waals surface area contributed by atoms with Crippen molar-refractivity contribution in [3.05, 3.63) is 35.9 Å². The molecule has 2 aliphatic carbocycles. The van der Waals surface area contributed by atoms with Crippen molar-refractivity contribution >= 4 is 0 Å². The second-order valence-corrected chi connectivity index (χ2v) is 6.08. The Balaban J connectivity index is 1.76. The molecule has 2 bridgehead atoms. The first-order valence-electron chi connectivity index (χ1n) is 7.22. The highest BCUT2D eigenvalue weighted by Crippen LogP contribution is 2.51. The largest absolute Gasteiger partial charge is 0.392 e. The number of rotatable bonds is 4. The summed E-state index contributed by atoms with van der Waals surface area (Å²) in [6.07, 6.45) is 5.00. The van der Waals surface area contributed by atoms with E-state index in [0.717, 1.165) is 11.8 Å². The minimum absolute atomic E-state index is 0.107. The van der Waals surface area contributed by atoms with Gasteiger partial charge in [-0.05, 0) is 42.6 Å². The fourth-order valence-electron chi connectivity index (χ4n) is 4.18. The van der Waals surface area contributed by atoms with E-state index in [1.165, 1.54) is 31.2 Å². The molecule has 0 amide bonds. The highest BCUT2D eigenvalue weighted by molar-refractivity contribution is 5.22. The Labute approximate surface area is 109 Å². The van der Waals surface area contributed by atoms with E-state index in [1.54, 1.807) is 0 Å². The molecule has 5 unspecified atom stereocenters. The average Bonchev–Trinajstić information content (AvgIpc) is 3.03. The van der Waals surface area contributed by atoms with Crippen LogP contribution in [0.4, 0.5) is 0 Å². The van der Waals surface area contributed by atoms with Crippen LogP contribution in [-0.4, -0.2) is 17.8 Å². The summed E-state index contributed by atoms with van der Waals surface area (Å²) in [7, 11) is 0. The lowest BCUT2D eigenvalue weighted by atomic mass is 9.77. The van der Waals surface area contributed by atoms with E-state index in [4.69, 9.17) is 5.73 Å². The van der Waals surface area contributed by atoms with Crippen LogP contribution < -0.4 is 5.73 Å². The van der Waals surface area contributed by atoms with Gasteiger partial charge in [-0.25, -0.2) is 0 Å². The van der Waals surface area contributed by atoms with E-state index >= 15 is 0 Å². The smallest absolute Gasteiger partial charge is 0.0651 e. The number of aliphatic hydroxyl groups is 1. The van der Waals surface area contributed by atoms with Crippen LogP contribution in [0.15, 0.2) is 30.3 Å². The summed E-state index contributed by atoms with van der Waals surface area (Å²) >= 11 is 0. The maximum Gasteiger partial charge on any atom is 0.0651 e. The van der Waals surface area contributed by atoms with Crippen molar-refractivity contribution in [1.29, 1.82) is 0 Å². The van der Waals surface area contributed by atoms with Crippen molar-refractivity contribution in [3.8, 4) is 0 Å². The zero-order chi connectivity index (χ0) is 12.5. The Morgan fingerprint density at radius 2 is 1.94 bits per heavy atom. The van der Waals surface area contributed by atoms with Gasteiger partial charge in [0.25, 0.3) is 0 Å². The van der Waals surface area contributed by atoms with Crippen molar-refractivity contribution in [3.63, 3.8) is 0 Å². The lowest BCUT2D eigenvalue weighted by molar-refractivity contribution is 0.0532. The van der Waals surface area contributed by atoms with E-state index in [9.17, 15) is 5.11 Å². The molecule has 0 spiro atoms.